The maximum Gasteiger partial charge on any atom is 0.257 e. The van der Waals surface area contributed by atoms with E-state index in [1.807, 2.05) is 54.6 Å². The van der Waals surface area contributed by atoms with Crippen molar-refractivity contribution in [3.63, 3.8) is 0 Å². The maximum atomic E-state index is 11.9. The SMILES string of the molecule is Cl.O=C(COc1ccc(OCc2ccccc2)cc1)NCCCN1CCNCC1. The van der Waals surface area contributed by atoms with Crippen molar-refractivity contribution >= 4 is 18.3 Å². The first-order valence-corrected chi connectivity index (χ1v) is 9.89. The number of piperazine rings is 1. The van der Waals surface area contributed by atoms with Crippen LogP contribution in [0, 0.1) is 0 Å². The van der Waals surface area contributed by atoms with Gasteiger partial charge in [-0.2, -0.15) is 0 Å². The van der Waals surface area contributed by atoms with Crippen LogP contribution in [0.4, 0.5) is 0 Å². The molecule has 1 aliphatic rings. The quantitative estimate of drug-likeness (QED) is 0.579. The van der Waals surface area contributed by atoms with E-state index >= 15 is 0 Å². The Bertz CT molecular complexity index is 707. The van der Waals surface area contributed by atoms with Crippen LogP contribution in [-0.2, 0) is 11.4 Å². The summed E-state index contributed by atoms with van der Waals surface area (Å²) < 4.78 is 11.3. The maximum absolute atomic E-state index is 11.9. The van der Waals surface area contributed by atoms with Gasteiger partial charge in [0, 0.05) is 32.7 Å². The molecule has 1 amide bonds. The zero-order valence-corrected chi connectivity index (χ0v) is 17.5. The Labute approximate surface area is 179 Å². The summed E-state index contributed by atoms with van der Waals surface area (Å²) in [6.07, 6.45) is 0.958. The second-order valence-corrected chi connectivity index (χ2v) is 6.83. The van der Waals surface area contributed by atoms with E-state index in [0.29, 0.717) is 18.9 Å². The lowest BCUT2D eigenvalue weighted by atomic mass is 10.2. The van der Waals surface area contributed by atoms with Gasteiger partial charge in [0.05, 0.1) is 0 Å². The molecule has 0 aromatic heterocycles. The fraction of sp³-hybridized carbons (Fsp3) is 0.409. The van der Waals surface area contributed by atoms with E-state index in [9.17, 15) is 4.79 Å². The number of hydrogen-bond donors (Lipinski definition) is 2. The molecule has 0 unspecified atom stereocenters. The van der Waals surface area contributed by atoms with Crippen LogP contribution in [0.3, 0.4) is 0 Å². The lowest BCUT2D eigenvalue weighted by molar-refractivity contribution is -0.123. The van der Waals surface area contributed by atoms with Crippen molar-refractivity contribution in [2.45, 2.75) is 13.0 Å². The summed E-state index contributed by atoms with van der Waals surface area (Å²) in [6, 6.07) is 17.4. The first-order valence-electron chi connectivity index (χ1n) is 9.89. The second kappa shape index (κ2) is 13.0. The monoisotopic (exact) mass is 419 g/mol. The van der Waals surface area contributed by atoms with Gasteiger partial charge in [0.25, 0.3) is 5.91 Å². The van der Waals surface area contributed by atoms with Gasteiger partial charge in [0.15, 0.2) is 6.61 Å². The summed E-state index contributed by atoms with van der Waals surface area (Å²) in [6.45, 7) is 6.53. The number of ether oxygens (including phenoxy) is 2. The van der Waals surface area contributed by atoms with Crippen molar-refractivity contribution in [1.82, 2.24) is 15.5 Å². The normalized spacial score (nSPS) is 13.9. The highest BCUT2D eigenvalue weighted by molar-refractivity contribution is 5.85. The van der Waals surface area contributed by atoms with Gasteiger partial charge in [0.2, 0.25) is 0 Å². The van der Waals surface area contributed by atoms with Crippen molar-refractivity contribution in [3.05, 3.63) is 60.2 Å². The summed E-state index contributed by atoms with van der Waals surface area (Å²) in [7, 11) is 0. The minimum atomic E-state index is -0.0929. The molecule has 7 heteroatoms. The third-order valence-corrected chi connectivity index (χ3v) is 4.62. The van der Waals surface area contributed by atoms with Gasteiger partial charge in [0.1, 0.15) is 18.1 Å². The lowest BCUT2D eigenvalue weighted by Crippen LogP contribution is -2.44. The van der Waals surface area contributed by atoms with E-state index in [2.05, 4.69) is 15.5 Å². The number of nitrogens with one attached hydrogen (secondary N) is 2. The first kappa shape index (κ1) is 23.0. The van der Waals surface area contributed by atoms with Crippen LogP contribution in [0.2, 0.25) is 0 Å². The number of nitrogens with zero attached hydrogens (tertiary/aromatic N) is 1. The molecule has 3 rings (SSSR count). The van der Waals surface area contributed by atoms with E-state index < -0.39 is 0 Å². The highest BCUT2D eigenvalue weighted by atomic mass is 35.5. The van der Waals surface area contributed by atoms with E-state index in [1.165, 1.54) is 0 Å². The molecule has 158 valence electrons. The van der Waals surface area contributed by atoms with E-state index in [4.69, 9.17) is 9.47 Å². The number of rotatable bonds is 10. The third-order valence-electron chi connectivity index (χ3n) is 4.62. The molecule has 1 fully saturated rings. The second-order valence-electron chi connectivity index (χ2n) is 6.83. The average Bonchev–Trinajstić information content (AvgIpc) is 2.76. The zero-order chi connectivity index (χ0) is 19.4. The highest BCUT2D eigenvalue weighted by Gasteiger charge is 2.09. The molecule has 0 radical (unpaired) electrons. The van der Waals surface area contributed by atoms with Crippen molar-refractivity contribution < 1.29 is 14.3 Å². The molecule has 0 bridgehead atoms. The molecule has 6 nitrogen and oxygen atoms in total. The van der Waals surface area contributed by atoms with Crippen LogP contribution < -0.4 is 20.1 Å². The molecule has 2 aromatic carbocycles. The number of carbonyl (C=O) groups is 1. The molecule has 1 saturated heterocycles. The smallest absolute Gasteiger partial charge is 0.257 e. The summed E-state index contributed by atoms with van der Waals surface area (Å²) in [5.41, 5.74) is 1.12. The number of amides is 1. The highest BCUT2D eigenvalue weighted by Crippen LogP contribution is 2.18. The molecule has 0 aliphatic carbocycles. The topological polar surface area (TPSA) is 62.8 Å². The summed E-state index contributed by atoms with van der Waals surface area (Å²) >= 11 is 0. The van der Waals surface area contributed by atoms with Crippen LogP contribution in [0.25, 0.3) is 0 Å². The molecular weight excluding hydrogens is 390 g/mol. The van der Waals surface area contributed by atoms with E-state index in [1.54, 1.807) is 0 Å². The predicted molar refractivity (Wildman–Crippen MR) is 117 cm³/mol. The Morgan fingerprint density at radius 2 is 1.62 bits per heavy atom. The van der Waals surface area contributed by atoms with E-state index in [-0.39, 0.29) is 24.9 Å². The van der Waals surface area contributed by atoms with Crippen LogP contribution in [-0.4, -0.2) is 56.7 Å². The lowest BCUT2D eigenvalue weighted by Gasteiger charge is -2.27. The molecule has 2 N–H and O–H groups in total. The molecule has 2 aromatic rings. The summed E-state index contributed by atoms with van der Waals surface area (Å²) in [4.78, 5) is 14.3. The Morgan fingerprint density at radius 1 is 0.966 bits per heavy atom. The van der Waals surface area contributed by atoms with Gasteiger partial charge in [-0.3, -0.25) is 4.79 Å². The zero-order valence-electron chi connectivity index (χ0n) is 16.6. The van der Waals surface area contributed by atoms with Crippen molar-refractivity contribution in [2.75, 3.05) is 45.9 Å². The van der Waals surface area contributed by atoms with Gasteiger partial charge in [-0.05, 0) is 42.8 Å². The summed E-state index contributed by atoms with van der Waals surface area (Å²) in [5.74, 6) is 1.33. The first-order chi connectivity index (χ1) is 13.8. The largest absolute Gasteiger partial charge is 0.489 e. The number of carbonyl (C=O) groups excluding carboxylic acids is 1. The number of hydrogen-bond acceptors (Lipinski definition) is 5. The van der Waals surface area contributed by atoms with Crippen LogP contribution in [0.15, 0.2) is 54.6 Å². The molecule has 1 heterocycles. The van der Waals surface area contributed by atoms with Crippen molar-refractivity contribution in [3.8, 4) is 11.5 Å². The van der Waals surface area contributed by atoms with Crippen LogP contribution >= 0.6 is 12.4 Å². The fourth-order valence-corrected chi connectivity index (χ4v) is 3.04. The van der Waals surface area contributed by atoms with Gasteiger partial charge in [-0.1, -0.05) is 30.3 Å². The molecule has 0 atom stereocenters. The minimum Gasteiger partial charge on any atom is -0.489 e. The third kappa shape index (κ3) is 8.73. The Morgan fingerprint density at radius 3 is 2.31 bits per heavy atom. The van der Waals surface area contributed by atoms with Crippen molar-refractivity contribution in [2.24, 2.45) is 0 Å². The van der Waals surface area contributed by atoms with Crippen molar-refractivity contribution in [1.29, 1.82) is 0 Å². The standard InChI is InChI=1S/C22H29N3O3.ClH/c26-22(24-11-4-14-25-15-12-23-13-16-25)18-28-21-9-7-20(8-10-21)27-17-19-5-2-1-3-6-19;/h1-3,5-10,23H,4,11-18H2,(H,24,26);1H. The average molecular weight is 420 g/mol. The Balaban J connectivity index is 0.00000300. The number of halogens is 1. The summed E-state index contributed by atoms with van der Waals surface area (Å²) in [5, 5.41) is 6.25. The Kier molecular flexibility index (Phi) is 10.3. The molecule has 29 heavy (non-hydrogen) atoms. The van der Waals surface area contributed by atoms with Gasteiger partial charge in [-0.15, -0.1) is 12.4 Å². The Hall–Kier alpha value is -2.28. The molecular formula is C22H30ClN3O3. The van der Waals surface area contributed by atoms with Gasteiger partial charge >= 0.3 is 0 Å². The van der Waals surface area contributed by atoms with E-state index in [0.717, 1.165) is 50.5 Å². The number of benzene rings is 2. The molecule has 0 spiro atoms. The molecule has 0 saturated carbocycles. The molecule has 1 aliphatic heterocycles. The minimum absolute atomic E-state index is 0. The van der Waals surface area contributed by atoms with Crippen LogP contribution in [0.5, 0.6) is 11.5 Å². The van der Waals surface area contributed by atoms with Crippen LogP contribution in [0.1, 0.15) is 12.0 Å². The van der Waals surface area contributed by atoms with Gasteiger partial charge in [-0.25, -0.2) is 0 Å². The van der Waals surface area contributed by atoms with Gasteiger partial charge < -0.3 is 25.0 Å². The predicted octanol–water partition coefficient (Wildman–Crippen LogP) is 2.48. The fourth-order valence-electron chi connectivity index (χ4n) is 3.04.